The number of nitrogens with one attached hydrogen (secondary N) is 1. The van der Waals surface area contributed by atoms with E-state index >= 15 is 0 Å². The third-order valence-electron chi connectivity index (χ3n) is 4.98. The minimum Gasteiger partial charge on any atom is -0.449 e. The van der Waals surface area contributed by atoms with Crippen LogP contribution in [0.3, 0.4) is 0 Å². The highest BCUT2D eigenvalue weighted by Gasteiger charge is 2.29. The van der Waals surface area contributed by atoms with E-state index in [1.165, 1.54) is 12.8 Å². The number of fused-ring (bicyclic) bond motifs is 1. The van der Waals surface area contributed by atoms with E-state index in [9.17, 15) is 9.59 Å². The number of amides is 2. The molecule has 0 bridgehead atoms. The van der Waals surface area contributed by atoms with E-state index in [4.69, 9.17) is 13.9 Å². The molecule has 2 aliphatic rings. The number of hydrogen-bond donors (Lipinski definition) is 1. The van der Waals surface area contributed by atoms with Gasteiger partial charge in [0.2, 0.25) is 5.76 Å². The van der Waals surface area contributed by atoms with Gasteiger partial charge in [-0.2, -0.15) is 0 Å². The number of furan rings is 1. The zero-order valence-corrected chi connectivity index (χ0v) is 15.4. The van der Waals surface area contributed by atoms with Crippen LogP contribution in [0.5, 0.6) is 0 Å². The predicted octanol–water partition coefficient (Wildman–Crippen LogP) is 2.66. The third-order valence-corrected chi connectivity index (χ3v) is 4.98. The summed E-state index contributed by atoms with van der Waals surface area (Å²) in [5, 5.41) is 3.57. The van der Waals surface area contributed by atoms with Crippen LogP contribution in [0.2, 0.25) is 0 Å². The molecule has 1 aromatic carbocycles. The predicted molar refractivity (Wildman–Crippen MR) is 99.7 cm³/mol. The Morgan fingerprint density at radius 1 is 1.26 bits per heavy atom. The summed E-state index contributed by atoms with van der Waals surface area (Å²) in [6.45, 7) is 4.33. The number of hydrogen-bond acceptors (Lipinski definition) is 5. The molecule has 4 rings (SSSR count). The summed E-state index contributed by atoms with van der Waals surface area (Å²) in [6, 6.07) is 7.31. The Bertz CT molecular complexity index is 836. The van der Waals surface area contributed by atoms with Crippen LogP contribution in [0.4, 0.5) is 5.69 Å². The minimum absolute atomic E-state index is 0.154. The third kappa shape index (κ3) is 3.99. The molecule has 2 aromatic rings. The number of carbonyl (C=O) groups is 2. The SMILES string of the molecule is CC(OCC1CC1)C(=O)Nc1c(C(=O)N2CCOCC2)oc2ccccc12. The standard InChI is InChI=1S/C20H24N2O5/c1-13(26-12-14-6-7-14)19(23)21-17-15-4-2-3-5-16(15)27-18(17)20(24)22-8-10-25-11-9-22/h2-5,13-14H,6-12H2,1H3,(H,21,23). The molecule has 2 fully saturated rings. The van der Waals surface area contributed by atoms with Gasteiger partial charge in [0.25, 0.3) is 11.8 Å². The fourth-order valence-electron chi connectivity index (χ4n) is 3.10. The van der Waals surface area contributed by atoms with Gasteiger partial charge < -0.3 is 24.1 Å². The quantitative estimate of drug-likeness (QED) is 0.843. The van der Waals surface area contributed by atoms with Crippen molar-refractivity contribution in [1.29, 1.82) is 0 Å². The normalized spacial score (nSPS) is 18.5. The maximum atomic E-state index is 13.0. The van der Waals surface area contributed by atoms with Gasteiger partial charge in [-0.05, 0) is 37.8 Å². The number of nitrogens with zero attached hydrogens (tertiary/aromatic N) is 1. The van der Waals surface area contributed by atoms with Crippen molar-refractivity contribution in [2.45, 2.75) is 25.9 Å². The first-order chi connectivity index (χ1) is 13.1. The Hall–Kier alpha value is -2.38. The van der Waals surface area contributed by atoms with E-state index in [1.807, 2.05) is 18.2 Å². The van der Waals surface area contributed by atoms with Crippen molar-refractivity contribution in [3.8, 4) is 0 Å². The van der Waals surface area contributed by atoms with Crippen molar-refractivity contribution >= 4 is 28.5 Å². The Labute approximate surface area is 157 Å². The van der Waals surface area contributed by atoms with Gasteiger partial charge in [0, 0.05) is 18.5 Å². The van der Waals surface area contributed by atoms with Crippen LogP contribution in [0.1, 0.15) is 30.3 Å². The highest BCUT2D eigenvalue weighted by Crippen LogP contribution is 2.32. The van der Waals surface area contributed by atoms with Crippen molar-refractivity contribution < 1.29 is 23.5 Å². The second-order valence-electron chi connectivity index (χ2n) is 7.12. The van der Waals surface area contributed by atoms with E-state index in [0.717, 1.165) is 0 Å². The summed E-state index contributed by atoms with van der Waals surface area (Å²) in [7, 11) is 0. The van der Waals surface area contributed by atoms with Gasteiger partial charge in [-0.25, -0.2) is 0 Å². The fraction of sp³-hybridized carbons (Fsp3) is 0.500. The van der Waals surface area contributed by atoms with Crippen LogP contribution in [0.15, 0.2) is 28.7 Å². The van der Waals surface area contributed by atoms with E-state index in [1.54, 1.807) is 17.9 Å². The van der Waals surface area contributed by atoms with Gasteiger partial charge in [0.1, 0.15) is 17.4 Å². The molecule has 1 atom stereocenters. The number of ether oxygens (including phenoxy) is 2. The van der Waals surface area contributed by atoms with E-state index in [2.05, 4.69) is 5.32 Å². The lowest BCUT2D eigenvalue weighted by atomic mass is 10.2. The molecule has 27 heavy (non-hydrogen) atoms. The first-order valence-electron chi connectivity index (χ1n) is 9.44. The summed E-state index contributed by atoms with van der Waals surface area (Å²) < 4.78 is 16.8. The van der Waals surface area contributed by atoms with Crippen LogP contribution < -0.4 is 5.32 Å². The average molecular weight is 372 g/mol. The maximum absolute atomic E-state index is 13.0. The minimum atomic E-state index is -0.592. The number of morpholine rings is 1. The van der Waals surface area contributed by atoms with E-state index in [0.29, 0.717) is 55.5 Å². The fourth-order valence-corrected chi connectivity index (χ4v) is 3.10. The monoisotopic (exact) mass is 372 g/mol. The Kier molecular flexibility index (Phi) is 5.13. The van der Waals surface area contributed by atoms with Crippen molar-refractivity contribution in [1.82, 2.24) is 4.90 Å². The zero-order valence-electron chi connectivity index (χ0n) is 15.4. The smallest absolute Gasteiger partial charge is 0.291 e. The number of carbonyl (C=O) groups excluding carboxylic acids is 2. The molecule has 1 saturated heterocycles. The van der Waals surface area contributed by atoms with Crippen LogP contribution in [0, 0.1) is 5.92 Å². The molecule has 0 radical (unpaired) electrons. The Morgan fingerprint density at radius 3 is 2.74 bits per heavy atom. The molecule has 1 N–H and O–H groups in total. The molecule has 2 heterocycles. The molecule has 1 saturated carbocycles. The van der Waals surface area contributed by atoms with Gasteiger partial charge in [-0.3, -0.25) is 9.59 Å². The molecular formula is C20H24N2O5. The van der Waals surface area contributed by atoms with Crippen LogP contribution >= 0.6 is 0 Å². The summed E-state index contributed by atoms with van der Waals surface area (Å²) in [6.07, 6.45) is 1.74. The second kappa shape index (κ2) is 7.70. The Balaban J connectivity index is 1.57. The molecule has 1 unspecified atom stereocenters. The maximum Gasteiger partial charge on any atom is 0.291 e. The summed E-state index contributed by atoms with van der Waals surface area (Å²) in [5.74, 6) is 0.212. The summed E-state index contributed by atoms with van der Waals surface area (Å²) in [4.78, 5) is 27.3. The summed E-state index contributed by atoms with van der Waals surface area (Å²) >= 11 is 0. The second-order valence-corrected chi connectivity index (χ2v) is 7.12. The lowest BCUT2D eigenvalue weighted by Gasteiger charge is -2.26. The van der Waals surface area contributed by atoms with Crippen LogP contribution in [-0.4, -0.2) is 55.7 Å². The lowest BCUT2D eigenvalue weighted by Crippen LogP contribution is -2.41. The van der Waals surface area contributed by atoms with Crippen molar-refractivity contribution in [2.75, 3.05) is 38.2 Å². The average Bonchev–Trinajstić information content (AvgIpc) is 3.47. The molecule has 0 spiro atoms. The summed E-state index contributed by atoms with van der Waals surface area (Å²) in [5.41, 5.74) is 0.977. The first kappa shape index (κ1) is 18.0. The number of anilines is 1. The van der Waals surface area contributed by atoms with Crippen molar-refractivity contribution in [3.05, 3.63) is 30.0 Å². The molecule has 1 aromatic heterocycles. The van der Waals surface area contributed by atoms with E-state index in [-0.39, 0.29) is 17.6 Å². The molecule has 7 heteroatoms. The number of rotatable bonds is 6. The Morgan fingerprint density at radius 2 is 2.00 bits per heavy atom. The number of para-hydroxylation sites is 1. The van der Waals surface area contributed by atoms with Crippen LogP contribution in [-0.2, 0) is 14.3 Å². The van der Waals surface area contributed by atoms with Gasteiger partial charge in [-0.15, -0.1) is 0 Å². The largest absolute Gasteiger partial charge is 0.449 e. The topological polar surface area (TPSA) is 81.0 Å². The van der Waals surface area contributed by atoms with Crippen molar-refractivity contribution in [3.63, 3.8) is 0 Å². The molecule has 1 aliphatic carbocycles. The van der Waals surface area contributed by atoms with Gasteiger partial charge >= 0.3 is 0 Å². The first-order valence-corrected chi connectivity index (χ1v) is 9.44. The van der Waals surface area contributed by atoms with E-state index < -0.39 is 6.10 Å². The molecule has 2 amide bonds. The van der Waals surface area contributed by atoms with Gasteiger partial charge in [0.05, 0.1) is 19.8 Å². The van der Waals surface area contributed by atoms with Gasteiger partial charge in [0.15, 0.2) is 0 Å². The van der Waals surface area contributed by atoms with Crippen molar-refractivity contribution in [2.24, 2.45) is 5.92 Å². The zero-order chi connectivity index (χ0) is 18.8. The molecular weight excluding hydrogens is 348 g/mol. The lowest BCUT2D eigenvalue weighted by molar-refractivity contribution is -0.126. The highest BCUT2D eigenvalue weighted by atomic mass is 16.5. The number of benzene rings is 1. The molecule has 7 nitrogen and oxygen atoms in total. The van der Waals surface area contributed by atoms with Crippen LogP contribution in [0.25, 0.3) is 11.0 Å². The molecule has 144 valence electrons. The highest BCUT2D eigenvalue weighted by molar-refractivity contribution is 6.11. The van der Waals surface area contributed by atoms with Gasteiger partial charge in [-0.1, -0.05) is 12.1 Å². The molecule has 1 aliphatic heterocycles.